The zero-order valence-corrected chi connectivity index (χ0v) is 10.1. The normalized spacial score (nSPS) is 22.2. The maximum Gasteiger partial charge on any atom is 0.308 e. The first kappa shape index (κ1) is 13.9. The summed E-state index contributed by atoms with van der Waals surface area (Å²) in [5.41, 5.74) is 5.74. The molecule has 2 atom stereocenters. The van der Waals surface area contributed by atoms with Crippen LogP contribution in [0.5, 0.6) is 0 Å². The van der Waals surface area contributed by atoms with Crippen molar-refractivity contribution in [2.45, 2.75) is 25.3 Å². The van der Waals surface area contributed by atoms with Crippen LogP contribution in [0, 0.1) is 5.92 Å². The number of ether oxygens (including phenoxy) is 1. The molecule has 1 heterocycles. The Hall–Kier alpha value is -1.14. The maximum absolute atomic E-state index is 11.9. The predicted octanol–water partition coefficient (Wildman–Crippen LogP) is -0.327. The number of likely N-dealkylation sites (tertiary alicyclic amines) is 1. The van der Waals surface area contributed by atoms with Crippen molar-refractivity contribution in [2.75, 3.05) is 26.8 Å². The Kier molecular flexibility index (Phi) is 5.37. The van der Waals surface area contributed by atoms with Crippen LogP contribution in [0.2, 0.25) is 0 Å². The van der Waals surface area contributed by atoms with E-state index in [4.69, 9.17) is 15.6 Å². The molecule has 0 aromatic rings. The first-order valence-electron chi connectivity index (χ1n) is 5.82. The van der Waals surface area contributed by atoms with E-state index in [2.05, 4.69) is 0 Å². The van der Waals surface area contributed by atoms with Gasteiger partial charge in [-0.15, -0.1) is 0 Å². The van der Waals surface area contributed by atoms with E-state index in [1.165, 1.54) is 0 Å². The predicted molar refractivity (Wildman–Crippen MR) is 61.4 cm³/mol. The van der Waals surface area contributed by atoms with Gasteiger partial charge >= 0.3 is 5.97 Å². The van der Waals surface area contributed by atoms with E-state index in [0.29, 0.717) is 26.0 Å². The molecule has 0 bridgehead atoms. The lowest BCUT2D eigenvalue weighted by molar-refractivity contribution is -0.146. The SMILES string of the molecule is COCCC(N)C(=O)N1CCCC(C(=O)O)C1. The molecular formula is C11H20N2O4. The van der Waals surface area contributed by atoms with Crippen molar-refractivity contribution in [3.05, 3.63) is 0 Å². The Morgan fingerprint density at radius 3 is 2.88 bits per heavy atom. The summed E-state index contributed by atoms with van der Waals surface area (Å²) in [5.74, 6) is -1.47. The number of nitrogens with two attached hydrogens (primary N) is 1. The van der Waals surface area contributed by atoms with Gasteiger partial charge in [0.05, 0.1) is 12.0 Å². The van der Waals surface area contributed by atoms with Crippen molar-refractivity contribution in [3.8, 4) is 0 Å². The molecule has 1 amide bonds. The molecule has 1 saturated heterocycles. The van der Waals surface area contributed by atoms with Crippen molar-refractivity contribution in [3.63, 3.8) is 0 Å². The number of carbonyl (C=O) groups excluding carboxylic acids is 1. The van der Waals surface area contributed by atoms with Crippen molar-refractivity contribution in [1.82, 2.24) is 4.90 Å². The molecule has 1 aliphatic rings. The molecule has 0 aliphatic carbocycles. The highest BCUT2D eigenvalue weighted by Gasteiger charge is 2.30. The Morgan fingerprint density at radius 2 is 2.29 bits per heavy atom. The minimum atomic E-state index is -0.840. The van der Waals surface area contributed by atoms with Crippen LogP contribution >= 0.6 is 0 Å². The third-order valence-corrected chi connectivity index (χ3v) is 3.03. The van der Waals surface area contributed by atoms with Crippen molar-refractivity contribution in [2.24, 2.45) is 11.7 Å². The molecular weight excluding hydrogens is 224 g/mol. The van der Waals surface area contributed by atoms with Crippen molar-refractivity contribution in [1.29, 1.82) is 0 Å². The standard InChI is InChI=1S/C11H20N2O4/c1-17-6-4-9(12)10(14)13-5-2-3-8(7-13)11(15)16/h8-9H,2-7,12H2,1H3,(H,15,16). The summed E-state index contributed by atoms with van der Waals surface area (Å²) in [6.07, 6.45) is 1.82. The van der Waals surface area contributed by atoms with E-state index in [0.717, 1.165) is 6.42 Å². The second-order valence-electron chi connectivity index (χ2n) is 4.35. The minimum absolute atomic E-state index is 0.173. The lowest BCUT2D eigenvalue weighted by atomic mass is 9.97. The molecule has 6 heteroatoms. The summed E-state index contributed by atoms with van der Waals surface area (Å²) in [5, 5.41) is 8.93. The lowest BCUT2D eigenvalue weighted by Gasteiger charge is -2.32. The Morgan fingerprint density at radius 1 is 1.59 bits per heavy atom. The highest BCUT2D eigenvalue weighted by Crippen LogP contribution is 2.17. The van der Waals surface area contributed by atoms with Gasteiger partial charge in [0.15, 0.2) is 0 Å². The van der Waals surface area contributed by atoms with Crippen LogP contribution in [-0.2, 0) is 14.3 Å². The average Bonchev–Trinajstić information content (AvgIpc) is 2.35. The number of hydrogen-bond acceptors (Lipinski definition) is 4. The first-order chi connectivity index (χ1) is 8.06. The van der Waals surface area contributed by atoms with E-state index in [-0.39, 0.29) is 12.5 Å². The fourth-order valence-electron chi connectivity index (χ4n) is 1.98. The van der Waals surface area contributed by atoms with Crippen molar-refractivity contribution < 1.29 is 19.4 Å². The zero-order chi connectivity index (χ0) is 12.8. The second kappa shape index (κ2) is 6.56. The summed E-state index contributed by atoms with van der Waals surface area (Å²) in [7, 11) is 1.55. The molecule has 3 N–H and O–H groups in total. The smallest absolute Gasteiger partial charge is 0.308 e. The fourth-order valence-corrected chi connectivity index (χ4v) is 1.98. The van der Waals surface area contributed by atoms with Crippen LogP contribution < -0.4 is 5.73 Å². The van der Waals surface area contributed by atoms with Crippen LogP contribution in [0.3, 0.4) is 0 Å². The monoisotopic (exact) mass is 244 g/mol. The second-order valence-corrected chi connectivity index (χ2v) is 4.35. The van der Waals surface area contributed by atoms with E-state index in [1.807, 2.05) is 0 Å². The average molecular weight is 244 g/mol. The maximum atomic E-state index is 11.9. The summed E-state index contributed by atoms with van der Waals surface area (Å²) >= 11 is 0. The van der Waals surface area contributed by atoms with Gasteiger partial charge in [-0.2, -0.15) is 0 Å². The van der Waals surface area contributed by atoms with Crippen LogP contribution in [0.1, 0.15) is 19.3 Å². The van der Waals surface area contributed by atoms with Crippen LogP contribution in [0.4, 0.5) is 0 Å². The van der Waals surface area contributed by atoms with Crippen LogP contribution in [0.25, 0.3) is 0 Å². The highest BCUT2D eigenvalue weighted by molar-refractivity contribution is 5.82. The van der Waals surface area contributed by atoms with E-state index >= 15 is 0 Å². The quantitative estimate of drug-likeness (QED) is 0.691. The number of carboxylic acids is 1. The third kappa shape index (κ3) is 3.98. The topological polar surface area (TPSA) is 92.9 Å². The highest BCUT2D eigenvalue weighted by atomic mass is 16.5. The number of aliphatic carboxylic acids is 1. The Bertz CT molecular complexity index is 283. The molecule has 6 nitrogen and oxygen atoms in total. The number of rotatable bonds is 5. The summed E-state index contributed by atoms with van der Waals surface area (Å²) in [6.45, 7) is 1.31. The Balaban J connectivity index is 2.48. The Labute approximate surface area is 101 Å². The number of piperidine rings is 1. The lowest BCUT2D eigenvalue weighted by Crippen LogP contribution is -2.49. The molecule has 1 rings (SSSR count). The number of carbonyl (C=O) groups is 2. The van der Waals surface area contributed by atoms with Gasteiger partial charge in [-0.3, -0.25) is 9.59 Å². The number of methoxy groups -OCH3 is 1. The molecule has 0 aromatic heterocycles. The van der Waals surface area contributed by atoms with Gasteiger partial charge in [-0.1, -0.05) is 0 Å². The largest absolute Gasteiger partial charge is 0.481 e. The molecule has 17 heavy (non-hydrogen) atoms. The molecule has 2 unspecified atom stereocenters. The van der Waals surface area contributed by atoms with Gasteiger partial charge in [0, 0.05) is 26.8 Å². The molecule has 1 fully saturated rings. The molecule has 0 spiro atoms. The summed E-state index contributed by atoms with van der Waals surface area (Å²) < 4.78 is 4.86. The fraction of sp³-hybridized carbons (Fsp3) is 0.818. The van der Waals surface area contributed by atoms with Gasteiger partial charge in [-0.05, 0) is 19.3 Å². The first-order valence-corrected chi connectivity index (χ1v) is 5.82. The molecule has 0 aromatic carbocycles. The molecule has 0 saturated carbocycles. The number of amides is 1. The summed E-state index contributed by atoms with van der Waals surface area (Å²) in [4.78, 5) is 24.4. The van der Waals surface area contributed by atoms with Gasteiger partial charge in [0.2, 0.25) is 5.91 Å². The molecule has 98 valence electrons. The molecule has 0 radical (unpaired) electrons. The van der Waals surface area contributed by atoms with Crippen LogP contribution in [0.15, 0.2) is 0 Å². The number of carboxylic acid groups (broad SMARTS) is 1. The van der Waals surface area contributed by atoms with Crippen molar-refractivity contribution >= 4 is 11.9 Å². The number of nitrogens with zero attached hydrogens (tertiary/aromatic N) is 1. The van der Waals surface area contributed by atoms with Gasteiger partial charge < -0.3 is 20.5 Å². The third-order valence-electron chi connectivity index (χ3n) is 3.03. The summed E-state index contributed by atoms with van der Waals surface area (Å²) in [6, 6.07) is -0.595. The minimum Gasteiger partial charge on any atom is -0.481 e. The van der Waals surface area contributed by atoms with E-state index in [9.17, 15) is 9.59 Å². The van der Waals surface area contributed by atoms with E-state index in [1.54, 1.807) is 12.0 Å². The number of hydrogen-bond donors (Lipinski definition) is 2. The zero-order valence-electron chi connectivity index (χ0n) is 10.1. The van der Waals surface area contributed by atoms with Gasteiger partial charge in [-0.25, -0.2) is 0 Å². The van der Waals surface area contributed by atoms with Gasteiger partial charge in [0.25, 0.3) is 0 Å². The van der Waals surface area contributed by atoms with Gasteiger partial charge in [0.1, 0.15) is 0 Å². The molecule has 1 aliphatic heterocycles. The van der Waals surface area contributed by atoms with E-state index < -0.39 is 17.9 Å². The van der Waals surface area contributed by atoms with Crippen LogP contribution in [-0.4, -0.2) is 54.7 Å².